The topological polar surface area (TPSA) is 20.2 Å². The van der Waals surface area contributed by atoms with Crippen molar-refractivity contribution in [3.63, 3.8) is 0 Å². The van der Waals surface area contributed by atoms with Crippen LogP contribution >= 0.6 is 17.0 Å². The molecule has 0 heterocycles. The maximum absolute atomic E-state index is 9.29. The van der Waals surface area contributed by atoms with Gasteiger partial charge in [0.25, 0.3) is 4.55 Å². The van der Waals surface area contributed by atoms with Crippen LogP contribution in [0.2, 0.25) is 23.7 Å². The minimum Gasteiger partial charge on any atom is -0.432 e. The van der Waals surface area contributed by atoms with Gasteiger partial charge in [-0.1, -0.05) is 26.7 Å². The molecule has 77 valence electrons. The molecule has 13 heavy (non-hydrogen) atoms. The lowest BCUT2D eigenvalue weighted by Gasteiger charge is -2.11. The summed E-state index contributed by atoms with van der Waals surface area (Å²) in [7, 11) is -1.68. The molecule has 1 nitrogen and oxygen atoms in total. The zero-order chi connectivity index (χ0) is 10.0. The first kappa shape index (κ1) is 19.9. The smallest absolute Gasteiger partial charge is 0.432 e. The highest BCUT2D eigenvalue weighted by molar-refractivity contribution is 8.93. The van der Waals surface area contributed by atoms with Gasteiger partial charge in [0.15, 0.2) is 8.32 Å². The number of unbranched alkanes of at least 4 members (excludes halogenated alkanes) is 1. The van der Waals surface area contributed by atoms with E-state index >= 15 is 0 Å². The van der Waals surface area contributed by atoms with Gasteiger partial charge in [0.05, 0.1) is 0 Å². The molecule has 0 aromatic carbocycles. The SMILES string of the molecule is Br.CCCC[Si](C)(C)O.CC[CH2][Mg+2]. The van der Waals surface area contributed by atoms with Crippen LogP contribution in [0.3, 0.4) is 0 Å². The van der Waals surface area contributed by atoms with E-state index in [0.29, 0.717) is 0 Å². The molecule has 0 rings (SSSR count). The van der Waals surface area contributed by atoms with Crippen LogP contribution in [0.5, 0.6) is 0 Å². The fourth-order valence-corrected chi connectivity index (χ4v) is 1.83. The van der Waals surface area contributed by atoms with E-state index in [9.17, 15) is 4.80 Å². The molecule has 0 unspecified atom stereocenters. The molecule has 0 saturated carbocycles. The van der Waals surface area contributed by atoms with Gasteiger partial charge < -0.3 is 4.80 Å². The standard InChI is InChI=1S/C6H16OSi.C3H7.BrH.Mg/c1-4-5-6-8(2,3)7;1-3-2;;/h7H,4-6H2,1-3H3;1,3H2,2H3;1H;/q;;;+2. The average Bonchev–Trinajstić information content (AvgIpc) is 2.00. The van der Waals surface area contributed by atoms with E-state index in [0.717, 1.165) is 6.04 Å². The van der Waals surface area contributed by atoms with E-state index in [1.54, 1.807) is 0 Å². The first-order chi connectivity index (χ1) is 5.47. The lowest BCUT2D eigenvalue weighted by Crippen LogP contribution is -2.23. The third-order valence-electron chi connectivity index (χ3n) is 1.50. The van der Waals surface area contributed by atoms with Crippen molar-refractivity contribution < 1.29 is 4.80 Å². The maximum Gasteiger partial charge on any atom is 1.41 e. The van der Waals surface area contributed by atoms with E-state index in [-0.39, 0.29) is 17.0 Å². The number of hydrogen-bond donors (Lipinski definition) is 1. The molecule has 0 amide bonds. The normalized spacial score (nSPS) is 9.69. The van der Waals surface area contributed by atoms with Crippen LogP contribution in [-0.2, 0) is 0 Å². The van der Waals surface area contributed by atoms with Crippen molar-refractivity contribution in [2.24, 2.45) is 0 Å². The fraction of sp³-hybridized carbons (Fsp3) is 1.00. The third kappa shape index (κ3) is 31.8. The lowest BCUT2D eigenvalue weighted by atomic mass is 10.4. The Balaban J connectivity index is -0.000000173. The predicted octanol–water partition coefficient (Wildman–Crippen LogP) is 3.55. The Morgan fingerprint density at radius 3 is 1.62 bits per heavy atom. The number of hydrogen-bond acceptors (Lipinski definition) is 1. The Hall–Kier alpha value is 1.42. The Bertz CT molecular complexity index is 84.2. The van der Waals surface area contributed by atoms with Crippen LogP contribution in [0.15, 0.2) is 0 Å². The van der Waals surface area contributed by atoms with E-state index in [1.807, 2.05) is 34.8 Å². The van der Waals surface area contributed by atoms with E-state index < -0.39 is 8.32 Å². The zero-order valence-electron chi connectivity index (χ0n) is 9.60. The minimum atomic E-state index is -1.68. The van der Waals surface area contributed by atoms with Crippen molar-refractivity contribution in [2.45, 2.75) is 56.8 Å². The van der Waals surface area contributed by atoms with Crippen LogP contribution in [0.25, 0.3) is 0 Å². The molecular weight excluding hydrogens is 256 g/mol. The highest BCUT2D eigenvalue weighted by Crippen LogP contribution is 2.08. The van der Waals surface area contributed by atoms with E-state index in [4.69, 9.17) is 0 Å². The molecule has 0 aliphatic rings. The van der Waals surface area contributed by atoms with Gasteiger partial charge in [0.2, 0.25) is 0 Å². The second-order valence-corrected chi connectivity index (χ2v) is 8.60. The van der Waals surface area contributed by atoms with Gasteiger partial charge in [-0.15, -0.1) is 17.0 Å². The van der Waals surface area contributed by atoms with Crippen molar-refractivity contribution in [2.75, 3.05) is 0 Å². The second kappa shape index (κ2) is 13.4. The minimum absolute atomic E-state index is 0. The molecule has 0 spiro atoms. The third-order valence-corrected chi connectivity index (χ3v) is 3.78. The van der Waals surface area contributed by atoms with E-state index in [2.05, 4.69) is 13.8 Å². The maximum atomic E-state index is 9.29. The van der Waals surface area contributed by atoms with Crippen LogP contribution in [-0.4, -0.2) is 34.8 Å². The summed E-state index contributed by atoms with van der Waals surface area (Å²) in [5.74, 6) is 0. The number of rotatable bonds is 4. The predicted molar refractivity (Wildman–Crippen MR) is 70.6 cm³/mol. The summed E-state index contributed by atoms with van der Waals surface area (Å²) in [5, 5.41) is 0. The summed E-state index contributed by atoms with van der Waals surface area (Å²) in [6.07, 6.45) is 3.73. The van der Waals surface area contributed by atoms with Crippen molar-refractivity contribution in [1.82, 2.24) is 0 Å². The summed E-state index contributed by atoms with van der Waals surface area (Å²) >= 11 is 2.02. The summed E-state index contributed by atoms with van der Waals surface area (Å²) in [6, 6.07) is 1.06. The molecule has 7 radical (unpaired) electrons. The van der Waals surface area contributed by atoms with Crippen LogP contribution in [0, 0.1) is 0 Å². The molecule has 0 atom stereocenters. The van der Waals surface area contributed by atoms with Crippen molar-refractivity contribution in [3.8, 4) is 0 Å². The van der Waals surface area contributed by atoms with Gasteiger partial charge in [0, 0.05) is 6.42 Å². The molecule has 0 fully saturated rings. The zero-order valence-corrected chi connectivity index (χ0v) is 13.7. The van der Waals surface area contributed by atoms with Crippen LogP contribution in [0.1, 0.15) is 33.1 Å². The molecule has 0 saturated heterocycles. The molecule has 0 bridgehead atoms. The van der Waals surface area contributed by atoms with Gasteiger partial charge in [0.1, 0.15) is 0 Å². The summed E-state index contributed by atoms with van der Waals surface area (Å²) in [5.41, 5.74) is 0. The summed E-state index contributed by atoms with van der Waals surface area (Å²) < 4.78 is 1.35. The van der Waals surface area contributed by atoms with Crippen LogP contribution in [0.4, 0.5) is 0 Å². The first-order valence-corrected chi connectivity index (χ1v) is 9.15. The van der Waals surface area contributed by atoms with Gasteiger partial charge in [-0.05, 0) is 19.1 Å². The van der Waals surface area contributed by atoms with Crippen molar-refractivity contribution >= 4 is 47.0 Å². The molecule has 4 heteroatoms. The molecule has 0 aromatic rings. The first-order valence-electron chi connectivity index (χ1n) is 4.99. The average molecular weight is 281 g/mol. The molecule has 0 aliphatic heterocycles. The quantitative estimate of drug-likeness (QED) is 0.781. The Morgan fingerprint density at radius 2 is 1.54 bits per heavy atom. The van der Waals surface area contributed by atoms with Crippen molar-refractivity contribution in [1.29, 1.82) is 0 Å². The highest BCUT2D eigenvalue weighted by Gasteiger charge is 2.17. The van der Waals surface area contributed by atoms with Gasteiger partial charge in [-0.3, -0.25) is 0 Å². The van der Waals surface area contributed by atoms with Gasteiger partial charge in [-0.25, -0.2) is 0 Å². The Labute approximate surface area is 108 Å². The molecule has 0 aromatic heterocycles. The lowest BCUT2D eigenvalue weighted by molar-refractivity contribution is 0.543. The monoisotopic (exact) mass is 279 g/mol. The summed E-state index contributed by atoms with van der Waals surface area (Å²) in [6.45, 7) is 8.32. The molecular formula is C9H24BrMgOSi+2. The second-order valence-electron chi connectivity index (χ2n) is 3.77. The van der Waals surface area contributed by atoms with Crippen molar-refractivity contribution in [3.05, 3.63) is 0 Å². The highest BCUT2D eigenvalue weighted by atomic mass is 79.9. The molecule has 1 N–H and O–H groups in total. The molecule has 0 aliphatic carbocycles. The van der Waals surface area contributed by atoms with Crippen LogP contribution < -0.4 is 0 Å². The largest absolute Gasteiger partial charge is 1.41 e. The van der Waals surface area contributed by atoms with Gasteiger partial charge >= 0.3 is 21.7 Å². The summed E-state index contributed by atoms with van der Waals surface area (Å²) in [4.78, 5) is 9.29. The fourth-order valence-electron chi connectivity index (χ4n) is 0.609. The Kier molecular flexibility index (Phi) is 20.6. The van der Waals surface area contributed by atoms with Gasteiger partial charge in [-0.2, -0.15) is 0 Å². The number of halogens is 1. The van der Waals surface area contributed by atoms with E-state index in [1.165, 1.54) is 23.8 Å². The Morgan fingerprint density at radius 1 is 1.15 bits per heavy atom.